The van der Waals surface area contributed by atoms with E-state index in [9.17, 15) is 4.79 Å². The lowest BCUT2D eigenvalue weighted by molar-refractivity contribution is -0.130. The van der Waals surface area contributed by atoms with Gasteiger partial charge < -0.3 is 15.1 Å². The molecule has 0 aliphatic carbocycles. The smallest absolute Gasteiger partial charge is 0.224 e. The standard InChI is InChI=1S/C21H33N3O/c1-18-11-16-23(17-12-18)20-8-6-19(7-9-20)22-13-10-21(25)24-14-4-2-3-5-15-24/h6-9,18,22H,2-5,10-17H2,1H3. The van der Waals surface area contributed by atoms with E-state index < -0.39 is 0 Å². The van der Waals surface area contributed by atoms with Gasteiger partial charge in [0.25, 0.3) is 0 Å². The van der Waals surface area contributed by atoms with Crippen LogP contribution in [0.2, 0.25) is 0 Å². The average Bonchev–Trinajstić information content (AvgIpc) is 2.92. The van der Waals surface area contributed by atoms with E-state index in [1.165, 1.54) is 31.4 Å². The Morgan fingerprint density at radius 2 is 1.64 bits per heavy atom. The first-order valence-electron chi connectivity index (χ1n) is 10.1. The number of hydrogen-bond acceptors (Lipinski definition) is 3. The summed E-state index contributed by atoms with van der Waals surface area (Å²) in [5.41, 5.74) is 2.43. The van der Waals surface area contributed by atoms with E-state index in [-0.39, 0.29) is 0 Å². The van der Waals surface area contributed by atoms with Crippen LogP contribution in [-0.2, 0) is 4.79 Å². The molecule has 1 aromatic carbocycles. The Bertz CT molecular complexity index is 527. The van der Waals surface area contributed by atoms with Crippen molar-refractivity contribution in [3.63, 3.8) is 0 Å². The third kappa shape index (κ3) is 5.38. The number of anilines is 2. The van der Waals surface area contributed by atoms with Crippen LogP contribution < -0.4 is 10.2 Å². The fourth-order valence-corrected chi connectivity index (χ4v) is 3.85. The Hall–Kier alpha value is -1.71. The second kappa shape index (κ2) is 9.12. The van der Waals surface area contributed by atoms with Gasteiger partial charge in [-0.25, -0.2) is 0 Å². The van der Waals surface area contributed by atoms with Crippen molar-refractivity contribution in [3.8, 4) is 0 Å². The lowest BCUT2D eigenvalue weighted by Gasteiger charge is -2.32. The van der Waals surface area contributed by atoms with Crippen molar-refractivity contribution in [2.45, 2.75) is 51.9 Å². The fourth-order valence-electron chi connectivity index (χ4n) is 3.85. The van der Waals surface area contributed by atoms with Crippen LogP contribution in [0.4, 0.5) is 11.4 Å². The zero-order valence-electron chi connectivity index (χ0n) is 15.7. The van der Waals surface area contributed by atoms with Gasteiger partial charge in [-0.15, -0.1) is 0 Å². The van der Waals surface area contributed by atoms with Gasteiger partial charge in [-0.3, -0.25) is 4.79 Å². The molecule has 2 aliphatic rings. The van der Waals surface area contributed by atoms with E-state index in [2.05, 4.69) is 46.3 Å². The molecule has 0 spiro atoms. The molecule has 1 amide bonds. The van der Waals surface area contributed by atoms with E-state index in [1.54, 1.807) is 0 Å². The number of carbonyl (C=O) groups is 1. The lowest BCUT2D eigenvalue weighted by atomic mass is 9.99. The largest absolute Gasteiger partial charge is 0.385 e. The Kier molecular flexibility index (Phi) is 6.60. The second-order valence-corrected chi connectivity index (χ2v) is 7.69. The molecule has 0 aromatic heterocycles. The molecule has 1 aromatic rings. The van der Waals surface area contributed by atoms with E-state index in [1.807, 2.05) is 0 Å². The Labute approximate surface area is 152 Å². The highest BCUT2D eigenvalue weighted by Gasteiger charge is 2.16. The molecule has 0 unspecified atom stereocenters. The Morgan fingerprint density at radius 1 is 1.00 bits per heavy atom. The molecule has 3 rings (SSSR count). The number of benzene rings is 1. The normalized spacial score (nSPS) is 19.6. The first kappa shape index (κ1) is 18.1. The van der Waals surface area contributed by atoms with E-state index >= 15 is 0 Å². The maximum absolute atomic E-state index is 12.3. The minimum Gasteiger partial charge on any atom is -0.385 e. The molecule has 4 nitrogen and oxygen atoms in total. The van der Waals surface area contributed by atoms with Crippen LogP contribution in [0.5, 0.6) is 0 Å². The van der Waals surface area contributed by atoms with Crippen molar-refractivity contribution >= 4 is 17.3 Å². The van der Waals surface area contributed by atoms with Crippen molar-refractivity contribution in [2.24, 2.45) is 5.92 Å². The number of rotatable bonds is 5. The first-order valence-corrected chi connectivity index (χ1v) is 10.1. The van der Waals surface area contributed by atoms with Crippen molar-refractivity contribution in [3.05, 3.63) is 24.3 Å². The maximum Gasteiger partial charge on any atom is 0.224 e. The highest BCUT2D eigenvalue weighted by molar-refractivity contribution is 5.76. The Morgan fingerprint density at radius 3 is 2.28 bits per heavy atom. The van der Waals surface area contributed by atoms with Crippen LogP contribution in [0.25, 0.3) is 0 Å². The van der Waals surface area contributed by atoms with Crippen molar-refractivity contribution in [1.29, 1.82) is 0 Å². The van der Waals surface area contributed by atoms with Crippen LogP contribution in [0.15, 0.2) is 24.3 Å². The summed E-state index contributed by atoms with van der Waals surface area (Å²) in [4.78, 5) is 16.8. The molecule has 0 saturated carbocycles. The van der Waals surface area contributed by atoms with Crippen LogP contribution in [0.1, 0.15) is 51.9 Å². The first-order chi connectivity index (χ1) is 12.2. The number of nitrogens with one attached hydrogen (secondary N) is 1. The fraction of sp³-hybridized carbons (Fsp3) is 0.667. The minimum atomic E-state index is 0.299. The summed E-state index contributed by atoms with van der Waals surface area (Å²) in [6, 6.07) is 8.69. The number of piperidine rings is 1. The predicted octanol–water partition coefficient (Wildman–Crippen LogP) is 4.13. The van der Waals surface area contributed by atoms with Gasteiger partial charge in [0.1, 0.15) is 0 Å². The topological polar surface area (TPSA) is 35.6 Å². The van der Waals surface area contributed by atoms with Crippen LogP contribution >= 0.6 is 0 Å². The van der Waals surface area contributed by atoms with Gasteiger partial charge in [0, 0.05) is 50.5 Å². The molecule has 2 saturated heterocycles. The summed E-state index contributed by atoms with van der Waals surface area (Å²) in [6.07, 6.45) is 8.03. The van der Waals surface area contributed by atoms with Gasteiger partial charge in [-0.2, -0.15) is 0 Å². The van der Waals surface area contributed by atoms with Gasteiger partial charge in [0.2, 0.25) is 5.91 Å². The zero-order valence-corrected chi connectivity index (χ0v) is 15.7. The van der Waals surface area contributed by atoms with Gasteiger partial charge >= 0.3 is 0 Å². The number of likely N-dealkylation sites (tertiary alicyclic amines) is 1. The highest BCUT2D eigenvalue weighted by atomic mass is 16.2. The average molecular weight is 344 g/mol. The second-order valence-electron chi connectivity index (χ2n) is 7.69. The van der Waals surface area contributed by atoms with Crippen LogP contribution in [-0.4, -0.2) is 43.5 Å². The number of carbonyl (C=O) groups excluding carboxylic acids is 1. The summed E-state index contributed by atoms with van der Waals surface area (Å²) in [5.74, 6) is 1.16. The van der Waals surface area contributed by atoms with Crippen molar-refractivity contribution in [1.82, 2.24) is 4.90 Å². The van der Waals surface area contributed by atoms with Gasteiger partial charge in [0.05, 0.1) is 0 Å². The van der Waals surface area contributed by atoms with Crippen LogP contribution in [0, 0.1) is 5.92 Å². The zero-order chi connectivity index (χ0) is 17.5. The molecule has 0 atom stereocenters. The third-order valence-corrected chi connectivity index (χ3v) is 5.64. The van der Waals surface area contributed by atoms with E-state index in [0.717, 1.165) is 57.2 Å². The maximum atomic E-state index is 12.3. The molecular weight excluding hydrogens is 310 g/mol. The summed E-state index contributed by atoms with van der Waals surface area (Å²) in [5, 5.41) is 3.40. The minimum absolute atomic E-state index is 0.299. The molecule has 1 N–H and O–H groups in total. The number of amides is 1. The van der Waals surface area contributed by atoms with Gasteiger partial charge in [-0.05, 0) is 55.9 Å². The van der Waals surface area contributed by atoms with Crippen molar-refractivity contribution in [2.75, 3.05) is 42.9 Å². The number of nitrogens with zero attached hydrogens (tertiary/aromatic N) is 2. The number of hydrogen-bond donors (Lipinski definition) is 1. The lowest BCUT2D eigenvalue weighted by Crippen LogP contribution is -2.33. The summed E-state index contributed by atoms with van der Waals surface area (Å²) < 4.78 is 0. The monoisotopic (exact) mass is 343 g/mol. The molecule has 25 heavy (non-hydrogen) atoms. The molecular formula is C21H33N3O. The quantitative estimate of drug-likeness (QED) is 0.873. The molecule has 2 fully saturated rings. The predicted molar refractivity (Wildman–Crippen MR) is 105 cm³/mol. The van der Waals surface area contributed by atoms with E-state index in [0.29, 0.717) is 12.3 Å². The summed E-state index contributed by atoms with van der Waals surface area (Å²) in [6.45, 7) is 7.29. The molecule has 0 bridgehead atoms. The summed E-state index contributed by atoms with van der Waals surface area (Å²) in [7, 11) is 0. The Balaban J connectivity index is 1.41. The molecule has 0 radical (unpaired) electrons. The summed E-state index contributed by atoms with van der Waals surface area (Å²) >= 11 is 0. The third-order valence-electron chi connectivity index (χ3n) is 5.64. The SMILES string of the molecule is CC1CCN(c2ccc(NCCC(=O)N3CCCCCC3)cc2)CC1. The van der Waals surface area contributed by atoms with Gasteiger partial charge in [-0.1, -0.05) is 19.8 Å². The molecule has 2 heterocycles. The van der Waals surface area contributed by atoms with Crippen LogP contribution in [0.3, 0.4) is 0 Å². The van der Waals surface area contributed by atoms with E-state index in [4.69, 9.17) is 0 Å². The molecule has 4 heteroatoms. The molecule has 2 aliphatic heterocycles. The highest BCUT2D eigenvalue weighted by Crippen LogP contribution is 2.24. The van der Waals surface area contributed by atoms with Gasteiger partial charge in [0.15, 0.2) is 0 Å². The molecule has 138 valence electrons. The van der Waals surface area contributed by atoms with Crippen molar-refractivity contribution < 1.29 is 4.79 Å².